The van der Waals surface area contributed by atoms with Gasteiger partial charge in [0, 0.05) is 32.5 Å². The Balaban J connectivity index is 1.16. The van der Waals surface area contributed by atoms with Crippen LogP contribution in [0.2, 0.25) is 0 Å². The molecule has 0 bridgehead atoms. The molecule has 0 saturated carbocycles. The van der Waals surface area contributed by atoms with Gasteiger partial charge in [0.05, 0.1) is 6.54 Å². The number of fused-ring (bicyclic) bond motifs is 10. The van der Waals surface area contributed by atoms with E-state index in [1.54, 1.807) is 12.2 Å². The first-order valence-corrected chi connectivity index (χ1v) is 21.0. The number of nitrogens with two attached hydrogens (primary N) is 1. The first-order valence-electron chi connectivity index (χ1n) is 21.0. The number of hydrogen-bond acceptors (Lipinski definition) is 3. The zero-order chi connectivity index (χ0) is 43.0. The van der Waals surface area contributed by atoms with Gasteiger partial charge in [-0.05, 0) is 97.4 Å². The van der Waals surface area contributed by atoms with Crippen LogP contribution < -0.4 is 16.4 Å². The van der Waals surface area contributed by atoms with Crippen molar-refractivity contribution in [3.8, 4) is 11.1 Å². The fourth-order valence-corrected chi connectivity index (χ4v) is 8.97. The summed E-state index contributed by atoms with van der Waals surface area (Å²) in [6.07, 6.45) is 9.65. The van der Waals surface area contributed by atoms with Crippen molar-refractivity contribution >= 4 is 94.6 Å². The van der Waals surface area contributed by atoms with Crippen molar-refractivity contribution in [3.05, 3.63) is 223 Å². The van der Waals surface area contributed by atoms with E-state index in [2.05, 4.69) is 135 Å². The molecular weight excluding hydrogens is 771 g/mol. The molecule has 10 rings (SSSR count). The minimum atomic E-state index is 0.248. The molecule has 302 valence electrons. The molecule has 2 N–H and O–H groups in total. The topological polar surface area (TPSA) is 77.0 Å². The number of furan rings is 2. The Bertz CT molecular complexity index is 3690. The predicted octanol–water partition coefficient (Wildman–Crippen LogP) is 13.4. The lowest BCUT2D eigenvalue weighted by Gasteiger charge is -2.12. The van der Waals surface area contributed by atoms with Crippen molar-refractivity contribution in [2.45, 2.75) is 13.5 Å². The molecule has 2 heterocycles. The van der Waals surface area contributed by atoms with Crippen LogP contribution in [0.3, 0.4) is 0 Å². The summed E-state index contributed by atoms with van der Waals surface area (Å²) in [6, 6.07) is 52.3. The summed E-state index contributed by atoms with van der Waals surface area (Å²) in [5.74, 6) is 0.754. The van der Waals surface area contributed by atoms with Gasteiger partial charge in [0.1, 0.15) is 28.0 Å². The normalized spacial score (nSPS) is 13.3. The Kier molecular flexibility index (Phi) is 10.1. The molecule has 0 amide bonds. The van der Waals surface area contributed by atoms with E-state index in [9.17, 15) is 0 Å². The Labute approximate surface area is 364 Å². The van der Waals surface area contributed by atoms with Crippen LogP contribution in [-0.4, -0.2) is 11.7 Å². The van der Waals surface area contributed by atoms with Crippen LogP contribution in [0.1, 0.15) is 23.6 Å². The lowest BCUT2D eigenvalue weighted by atomic mass is 9.93. The van der Waals surface area contributed by atoms with Gasteiger partial charge in [-0.15, -0.1) is 0 Å². The van der Waals surface area contributed by atoms with Gasteiger partial charge >= 0.3 is 0 Å². The molecule has 10 aromatic rings. The lowest BCUT2D eigenvalue weighted by Crippen LogP contribution is -2.28. The third kappa shape index (κ3) is 6.86. The first-order chi connectivity index (χ1) is 30.9. The number of nitrogens with zero attached hydrogens (tertiary/aromatic N) is 2. The van der Waals surface area contributed by atoms with E-state index in [4.69, 9.17) is 24.6 Å². The number of amidine groups is 2. The maximum absolute atomic E-state index is 7.09. The number of hydrogen-bond donors (Lipinski definition) is 1. The number of rotatable bonds is 9. The SMILES string of the molecule is C=C/C=C\C(=C/C)c1cccc2oc3cccc(-c4ccc5oc(=C)/c(=C(\C=C)C(N)=NC(=NCc6ccccc6)c6ccc7c8ccccc8c8ccccc8c7c6)c5c4)c3c12. The van der Waals surface area contributed by atoms with E-state index in [0.717, 1.165) is 82.1 Å². The summed E-state index contributed by atoms with van der Waals surface area (Å²) in [6.45, 7) is 14.9. The summed E-state index contributed by atoms with van der Waals surface area (Å²) >= 11 is 0. The Hall–Kier alpha value is -8.28. The van der Waals surface area contributed by atoms with Crippen LogP contribution in [0.25, 0.3) is 94.1 Å². The highest BCUT2D eigenvalue weighted by atomic mass is 16.3. The summed E-state index contributed by atoms with van der Waals surface area (Å²) in [5, 5.41) is 10.7. The molecule has 0 fully saturated rings. The largest absolute Gasteiger partial charge is 0.457 e. The minimum Gasteiger partial charge on any atom is -0.457 e. The summed E-state index contributed by atoms with van der Waals surface area (Å²) in [5.41, 5.74) is 16.5. The van der Waals surface area contributed by atoms with E-state index >= 15 is 0 Å². The third-order valence-electron chi connectivity index (χ3n) is 11.9. The minimum absolute atomic E-state index is 0.248. The Morgan fingerprint density at radius 3 is 2.00 bits per heavy atom. The van der Waals surface area contributed by atoms with Gasteiger partial charge in [-0.1, -0.05) is 171 Å². The highest BCUT2D eigenvalue weighted by molar-refractivity contribution is 6.28. The van der Waals surface area contributed by atoms with Crippen molar-refractivity contribution in [1.82, 2.24) is 0 Å². The van der Waals surface area contributed by atoms with E-state index in [1.807, 2.05) is 61.5 Å². The quantitative estimate of drug-likeness (QED) is 0.0682. The van der Waals surface area contributed by atoms with E-state index in [0.29, 0.717) is 29.0 Å². The average molecular weight is 814 g/mol. The molecule has 5 heteroatoms. The molecule has 0 aliphatic heterocycles. The second-order valence-corrected chi connectivity index (χ2v) is 15.5. The highest BCUT2D eigenvalue weighted by Gasteiger charge is 2.19. The van der Waals surface area contributed by atoms with Gasteiger partial charge in [0.25, 0.3) is 0 Å². The van der Waals surface area contributed by atoms with Crippen LogP contribution in [0.5, 0.6) is 0 Å². The van der Waals surface area contributed by atoms with Crippen molar-refractivity contribution < 1.29 is 8.83 Å². The average Bonchev–Trinajstić information content (AvgIpc) is 3.88. The third-order valence-corrected chi connectivity index (χ3v) is 11.9. The van der Waals surface area contributed by atoms with Gasteiger partial charge in [-0.2, -0.15) is 0 Å². The Morgan fingerprint density at radius 1 is 0.635 bits per heavy atom. The lowest BCUT2D eigenvalue weighted by molar-refractivity contribution is 0.577. The van der Waals surface area contributed by atoms with Gasteiger partial charge < -0.3 is 14.6 Å². The van der Waals surface area contributed by atoms with Crippen molar-refractivity contribution in [2.24, 2.45) is 15.7 Å². The molecule has 0 aliphatic rings. The summed E-state index contributed by atoms with van der Waals surface area (Å²) in [4.78, 5) is 10.2. The van der Waals surface area contributed by atoms with E-state index in [1.165, 1.54) is 16.2 Å². The van der Waals surface area contributed by atoms with Crippen LogP contribution >= 0.6 is 0 Å². The fourth-order valence-electron chi connectivity index (χ4n) is 8.97. The van der Waals surface area contributed by atoms with Crippen LogP contribution in [0.4, 0.5) is 0 Å². The maximum Gasteiger partial charge on any atom is 0.157 e. The molecule has 0 unspecified atom stereocenters. The van der Waals surface area contributed by atoms with Crippen molar-refractivity contribution in [3.63, 3.8) is 0 Å². The number of allylic oxidation sites excluding steroid dienone is 5. The fraction of sp³-hybridized carbons (Fsp3) is 0.0345. The number of benzene rings is 8. The molecule has 0 aliphatic carbocycles. The van der Waals surface area contributed by atoms with Gasteiger partial charge in [-0.25, -0.2) is 4.99 Å². The molecule has 63 heavy (non-hydrogen) atoms. The zero-order valence-electron chi connectivity index (χ0n) is 34.9. The molecule has 5 nitrogen and oxygen atoms in total. The second kappa shape index (κ2) is 16.3. The summed E-state index contributed by atoms with van der Waals surface area (Å²) in [7, 11) is 0. The smallest absolute Gasteiger partial charge is 0.157 e. The predicted molar refractivity (Wildman–Crippen MR) is 268 cm³/mol. The molecule has 0 atom stereocenters. The molecule has 0 spiro atoms. The van der Waals surface area contributed by atoms with Gasteiger partial charge in [-0.3, -0.25) is 4.99 Å². The van der Waals surface area contributed by atoms with Crippen LogP contribution in [0, 0.1) is 0 Å². The van der Waals surface area contributed by atoms with Crippen molar-refractivity contribution in [2.75, 3.05) is 0 Å². The number of aliphatic imine (C=N–C) groups is 2. The molecular formula is C58H43N3O2. The molecule has 2 aromatic heterocycles. The maximum atomic E-state index is 7.09. The standard InChI is InChI=1S/C58H43N3O2/c1-5-8-20-38(6-2)42-25-16-27-52-55(42)56-43(26-17-28-53(56)63-52)39-30-32-51-50(33-39)54(36(4)62-51)41(7-3)57(59)61-58(60-35-37-18-10-9-11-19-37)40-29-31-48-46-23-13-12-21-44(46)45-22-14-15-24-47(45)49(48)34-40/h5-34H,1,3-4,35H2,2H3,(H2,59,60,61)/b20-8-,38-6+,54-41-. The monoisotopic (exact) mass is 813 g/mol. The first kappa shape index (κ1) is 38.9. The summed E-state index contributed by atoms with van der Waals surface area (Å²) < 4.78 is 12.8. The van der Waals surface area contributed by atoms with Crippen LogP contribution in [0.15, 0.2) is 214 Å². The molecule has 8 aromatic carbocycles. The van der Waals surface area contributed by atoms with Crippen molar-refractivity contribution in [1.29, 1.82) is 0 Å². The van der Waals surface area contributed by atoms with Gasteiger partial charge in [0.2, 0.25) is 0 Å². The molecule has 0 radical (unpaired) electrons. The molecule has 0 saturated heterocycles. The van der Waals surface area contributed by atoms with E-state index in [-0.39, 0.29) is 5.84 Å². The van der Waals surface area contributed by atoms with Gasteiger partial charge in [0.15, 0.2) is 5.84 Å². The van der Waals surface area contributed by atoms with E-state index < -0.39 is 0 Å². The second-order valence-electron chi connectivity index (χ2n) is 15.5. The highest BCUT2D eigenvalue weighted by Crippen LogP contribution is 2.41. The zero-order valence-corrected chi connectivity index (χ0v) is 34.9. The Morgan fingerprint density at radius 2 is 1.30 bits per heavy atom. The van der Waals surface area contributed by atoms with Crippen LogP contribution in [-0.2, 0) is 6.54 Å².